The molecule has 2 N–H and O–H groups in total. The Morgan fingerprint density at radius 2 is 2.07 bits per heavy atom. The van der Waals surface area contributed by atoms with Crippen molar-refractivity contribution in [1.29, 1.82) is 0 Å². The van der Waals surface area contributed by atoms with Crippen LogP contribution in [0.15, 0.2) is 23.2 Å². The van der Waals surface area contributed by atoms with Crippen LogP contribution < -0.4 is 15.4 Å². The van der Waals surface area contributed by atoms with Gasteiger partial charge in [0.1, 0.15) is 5.75 Å². The Morgan fingerprint density at radius 3 is 2.93 bits per heavy atom. The molecule has 0 atom stereocenters. The lowest BCUT2D eigenvalue weighted by Gasteiger charge is -2.19. The molecule has 1 fully saturated rings. The molecule has 3 rings (SSSR count). The molecule has 0 spiro atoms. The van der Waals surface area contributed by atoms with Crippen molar-refractivity contribution < 1.29 is 4.74 Å². The van der Waals surface area contributed by atoms with Crippen LogP contribution in [0.2, 0.25) is 0 Å². The van der Waals surface area contributed by atoms with E-state index in [0.29, 0.717) is 0 Å². The third-order valence-corrected chi connectivity index (χ3v) is 5.30. The summed E-state index contributed by atoms with van der Waals surface area (Å²) in [5, 5.41) is 6.83. The molecule has 6 nitrogen and oxygen atoms in total. The maximum Gasteiger partial charge on any atom is 0.191 e. The molecule has 2 aliphatic rings. The maximum absolute atomic E-state index is 5.58. The van der Waals surface area contributed by atoms with E-state index >= 15 is 0 Å². The third-order valence-electron chi connectivity index (χ3n) is 5.30. The van der Waals surface area contributed by atoms with Crippen LogP contribution in [0, 0.1) is 0 Å². The van der Waals surface area contributed by atoms with Gasteiger partial charge in [-0.25, -0.2) is 0 Å². The standard InChI is InChI=1S/C21H35N5O.HI/c1-3-22-21(24-10-13-26-12-4-11-25(2)14-15-26)23-9-7-18-5-6-20-19(17-18)8-16-27-20;/h5-6,17H,3-4,7-16H2,1-2H3,(H2,22,23,24);1H. The van der Waals surface area contributed by atoms with Gasteiger partial charge in [0.05, 0.1) is 13.2 Å². The molecule has 1 saturated heterocycles. The summed E-state index contributed by atoms with van der Waals surface area (Å²) in [4.78, 5) is 9.71. The Hall–Kier alpha value is -1.06. The van der Waals surface area contributed by atoms with Gasteiger partial charge < -0.3 is 25.2 Å². The zero-order valence-electron chi connectivity index (χ0n) is 17.4. The highest BCUT2D eigenvalue weighted by Crippen LogP contribution is 2.25. The first kappa shape index (κ1) is 23.2. The van der Waals surface area contributed by atoms with E-state index in [0.717, 1.165) is 70.4 Å². The van der Waals surface area contributed by atoms with E-state index in [9.17, 15) is 0 Å². The number of guanidine groups is 1. The minimum atomic E-state index is 0. The largest absolute Gasteiger partial charge is 0.493 e. The minimum Gasteiger partial charge on any atom is -0.493 e. The van der Waals surface area contributed by atoms with Crippen LogP contribution in [-0.4, -0.2) is 81.8 Å². The van der Waals surface area contributed by atoms with Crippen LogP contribution in [0.1, 0.15) is 24.5 Å². The molecule has 0 saturated carbocycles. The smallest absolute Gasteiger partial charge is 0.191 e. The molecule has 158 valence electrons. The van der Waals surface area contributed by atoms with Crippen LogP contribution in [0.25, 0.3) is 0 Å². The first-order valence-corrected chi connectivity index (χ1v) is 10.4. The number of nitrogens with zero attached hydrogens (tertiary/aromatic N) is 3. The van der Waals surface area contributed by atoms with Crippen LogP contribution >= 0.6 is 24.0 Å². The quantitative estimate of drug-likeness (QED) is 0.340. The number of hydrogen-bond donors (Lipinski definition) is 2. The van der Waals surface area contributed by atoms with Gasteiger partial charge >= 0.3 is 0 Å². The predicted molar refractivity (Wildman–Crippen MR) is 127 cm³/mol. The van der Waals surface area contributed by atoms with Gasteiger partial charge in [0.15, 0.2) is 5.96 Å². The molecular weight excluding hydrogens is 465 g/mol. The second kappa shape index (κ2) is 12.5. The SMILES string of the molecule is CCNC(=NCCN1CCCN(C)CC1)NCCc1ccc2c(c1)CCO2.I. The number of benzene rings is 1. The molecular formula is C21H36IN5O. The van der Waals surface area contributed by atoms with Crippen LogP contribution in [-0.2, 0) is 12.8 Å². The number of hydrogen-bond acceptors (Lipinski definition) is 4. The van der Waals surface area contributed by atoms with E-state index in [1.165, 1.54) is 30.6 Å². The molecule has 2 heterocycles. The van der Waals surface area contributed by atoms with E-state index < -0.39 is 0 Å². The van der Waals surface area contributed by atoms with Gasteiger partial charge in [0, 0.05) is 39.1 Å². The highest BCUT2D eigenvalue weighted by atomic mass is 127. The lowest BCUT2D eigenvalue weighted by Crippen LogP contribution is -2.39. The molecule has 2 aliphatic heterocycles. The highest BCUT2D eigenvalue weighted by Gasteiger charge is 2.12. The summed E-state index contributed by atoms with van der Waals surface area (Å²) in [7, 11) is 2.21. The van der Waals surface area contributed by atoms with E-state index in [-0.39, 0.29) is 24.0 Å². The summed E-state index contributed by atoms with van der Waals surface area (Å²) >= 11 is 0. The third kappa shape index (κ3) is 7.40. The number of likely N-dealkylation sites (N-methyl/N-ethyl adjacent to an activating group) is 1. The molecule has 0 unspecified atom stereocenters. The Morgan fingerprint density at radius 1 is 1.18 bits per heavy atom. The fourth-order valence-corrected chi connectivity index (χ4v) is 3.69. The summed E-state index contributed by atoms with van der Waals surface area (Å²) in [6, 6.07) is 6.56. The summed E-state index contributed by atoms with van der Waals surface area (Å²) < 4.78 is 5.58. The van der Waals surface area contributed by atoms with Gasteiger partial charge in [-0.15, -0.1) is 24.0 Å². The number of rotatable bonds is 7. The van der Waals surface area contributed by atoms with Crippen molar-refractivity contribution in [1.82, 2.24) is 20.4 Å². The second-order valence-corrected chi connectivity index (χ2v) is 7.48. The second-order valence-electron chi connectivity index (χ2n) is 7.48. The average molecular weight is 501 g/mol. The van der Waals surface area contributed by atoms with Crippen molar-refractivity contribution in [3.05, 3.63) is 29.3 Å². The Bertz CT molecular complexity index is 625. The van der Waals surface area contributed by atoms with Crippen LogP contribution in [0.4, 0.5) is 0 Å². The molecule has 1 aromatic carbocycles. The number of ether oxygens (including phenoxy) is 1. The van der Waals surface area contributed by atoms with Crippen molar-refractivity contribution in [2.75, 3.05) is 66.0 Å². The predicted octanol–water partition coefficient (Wildman–Crippen LogP) is 1.97. The number of fused-ring (bicyclic) bond motifs is 1. The monoisotopic (exact) mass is 501 g/mol. The lowest BCUT2D eigenvalue weighted by molar-refractivity contribution is 0.283. The van der Waals surface area contributed by atoms with Gasteiger partial charge in [-0.2, -0.15) is 0 Å². The molecule has 0 amide bonds. The molecule has 28 heavy (non-hydrogen) atoms. The molecule has 0 aromatic heterocycles. The van der Waals surface area contributed by atoms with Crippen molar-refractivity contribution in [2.24, 2.45) is 4.99 Å². The number of aliphatic imine (C=N–C) groups is 1. The Kier molecular flexibility index (Phi) is 10.4. The van der Waals surface area contributed by atoms with Crippen LogP contribution in [0.5, 0.6) is 5.75 Å². The van der Waals surface area contributed by atoms with E-state index in [4.69, 9.17) is 9.73 Å². The zero-order chi connectivity index (χ0) is 18.9. The Labute approximate surface area is 187 Å². The summed E-state index contributed by atoms with van der Waals surface area (Å²) in [5.74, 6) is 1.98. The lowest BCUT2D eigenvalue weighted by atomic mass is 10.1. The van der Waals surface area contributed by atoms with Crippen molar-refractivity contribution in [2.45, 2.75) is 26.2 Å². The topological polar surface area (TPSA) is 52.1 Å². The molecule has 0 radical (unpaired) electrons. The number of halogens is 1. The van der Waals surface area contributed by atoms with Gasteiger partial charge in [-0.1, -0.05) is 12.1 Å². The fraction of sp³-hybridized carbons (Fsp3) is 0.667. The summed E-state index contributed by atoms with van der Waals surface area (Å²) in [6.07, 6.45) is 3.29. The fourth-order valence-electron chi connectivity index (χ4n) is 3.69. The Balaban J connectivity index is 0.00000280. The van der Waals surface area contributed by atoms with Crippen molar-refractivity contribution in [3.8, 4) is 5.75 Å². The van der Waals surface area contributed by atoms with Gasteiger partial charge in [-0.3, -0.25) is 4.99 Å². The maximum atomic E-state index is 5.58. The molecule has 0 bridgehead atoms. The van der Waals surface area contributed by atoms with E-state index in [1.54, 1.807) is 0 Å². The van der Waals surface area contributed by atoms with Gasteiger partial charge in [0.2, 0.25) is 0 Å². The first-order valence-electron chi connectivity index (χ1n) is 10.4. The molecule has 0 aliphatic carbocycles. The minimum absolute atomic E-state index is 0. The highest BCUT2D eigenvalue weighted by molar-refractivity contribution is 14.0. The molecule has 7 heteroatoms. The van der Waals surface area contributed by atoms with Crippen LogP contribution in [0.3, 0.4) is 0 Å². The molecule has 1 aromatic rings. The van der Waals surface area contributed by atoms with Crippen molar-refractivity contribution in [3.63, 3.8) is 0 Å². The number of nitrogens with one attached hydrogen (secondary N) is 2. The van der Waals surface area contributed by atoms with Gasteiger partial charge in [-0.05, 0) is 57.1 Å². The summed E-state index contributed by atoms with van der Waals surface area (Å²) in [6.45, 7) is 11.3. The van der Waals surface area contributed by atoms with E-state index in [2.05, 4.69) is 52.6 Å². The average Bonchev–Trinajstić information content (AvgIpc) is 3.03. The van der Waals surface area contributed by atoms with E-state index in [1.807, 2.05) is 0 Å². The normalized spacial score (nSPS) is 18.0. The first-order chi connectivity index (χ1) is 13.2. The van der Waals surface area contributed by atoms with Crippen molar-refractivity contribution >= 4 is 29.9 Å². The van der Waals surface area contributed by atoms with Gasteiger partial charge in [0.25, 0.3) is 0 Å². The summed E-state index contributed by atoms with van der Waals surface area (Å²) in [5.41, 5.74) is 2.70. The zero-order valence-corrected chi connectivity index (χ0v) is 19.7.